The Labute approximate surface area is 321 Å². The fourth-order valence-corrected chi connectivity index (χ4v) is 8.08. The molecule has 8 rings (SSSR count). The summed E-state index contributed by atoms with van der Waals surface area (Å²) in [5, 5.41) is 12.6. The molecule has 3 aliphatic heterocycles. The number of halogens is 3. The topological polar surface area (TPSA) is 148 Å². The van der Waals surface area contributed by atoms with Gasteiger partial charge >= 0.3 is 18.2 Å². The molecule has 4 aliphatic rings. The molecule has 298 valence electrons. The number of aliphatic hydroxyl groups is 1. The molecule has 2 N–H and O–H groups in total. The Bertz CT molecular complexity index is 2270. The molecule has 1 saturated carbocycles. The SMILES string of the molecule is C[C@@H]1Oc2nc(-c3cc(NC(=O)OC(C)(C)C)cc4ccc(F)c(F)c34)c(F)c3nc(OCC4(CO)CC4)nc(c23)N2C[C@H]3CC[C@@H](C12)N3C(=O)OC(C)(C)C. The summed E-state index contributed by atoms with van der Waals surface area (Å²) in [5.74, 6) is -3.20. The summed E-state index contributed by atoms with van der Waals surface area (Å²) >= 11 is 0. The van der Waals surface area contributed by atoms with Crippen LogP contribution in [-0.2, 0) is 9.47 Å². The van der Waals surface area contributed by atoms with E-state index in [1.54, 1.807) is 25.7 Å². The fourth-order valence-electron chi connectivity index (χ4n) is 8.08. The molecule has 0 radical (unpaired) electrons. The Morgan fingerprint density at radius 3 is 2.39 bits per heavy atom. The van der Waals surface area contributed by atoms with E-state index in [1.165, 1.54) is 18.2 Å². The number of ether oxygens (including phenoxy) is 4. The highest BCUT2D eigenvalue weighted by Crippen LogP contribution is 2.49. The van der Waals surface area contributed by atoms with E-state index in [-0.39, 0.29) is 75.9 Å². The van der Waals surface area contributed by atoms with Crippen LogP contribution in [0.4, 0.5) is 34.3 Å². The number of rotatable bonds is 6. The van der Waals surface area contributed by atoms with Crippen LogP contribution in [0.25, 0.3) is 32.9 Å². The van der Waals surface area contributed by atoms with Crippen molar-refractivity contribution in [2.24, 2.45) is 5.41 Å². The minimum atomic E-state index is -1.25. The lowest BCUT2D eigenvalue weighted by Gasteiger charge is -2.48. The molecule has 2 amide bonds. The van der Waals surface area contributed by atoms with E-state index >= 15 is 8.78 Å². The number of benzene rings is 2. The van der Waals surface area contributed by atoms with E-state index < -0.39 is 64.1 Å². The maximum Gasteiger partial charge on any atom is 0.412 e. The Balaban J connectivity index is 1.31. The monoisotopic (exact) mass is 778 g/mol. The molecule has 16 heteroatoms. The molecule has 2 bridgehead atoms. The van der Waals surface area contributed by atoms with Gasteiger partial charge in [-0.05, 0) is 97.7 Å². The van der Waals surface area contributed by atoms with Crippen LogP contribution in [0.2, 0.25) is 0 Å². The summed E-state index contributed by atoms with van der Waals surface area (Å²) in [6.07, 6.45) is 0.900. The molecule has 0 spiro atoms. The molecule has 2 aromatic heterocycles. The van der Waals surface area contributed by atoms with Crippen LogP contribution in [0.15, 0.2) is 24.3 Å². The molecule has 4 aromatic rings. The first-order valence-electron chi connectivity index (χ1n) is 18.9. The predicted octanol–water partition coefficient (Wildman–Crippen LogP) is 7.50. The van der Waals surface area contributed by atoms with E-state index in [1.807, 2.05) is 32.6 Å². The van der Waals surface area contributed by atoms with Gasteiger partial charge in [-0.15, -0.1) is 0 Å². The van der Waals surface area contributed by atoms with E-state index in [9.17, 15) is 19.1 Å². The Kier molecular flexibility index (Phi) is 8.93. The summed E-state index contributed by atoms with van der Waals surface area (Å²) in [6, 6.07) is 3.69. The van der Waals surface area contributed by atoms with Gasteiger partial charge in [0, 0.05) is 28.6 Å². The zero-order chi connectivity index (χ0) is 40.1. The Morgan fingerprint density at radius 2 is 1.71 bits per heavy atom. The van der Waals surface area contributed by atoms with Crippen molar-refractivity contribution in [1.29, 1.82) is 0 Å². The molecule has 4 atom stereocenters. The first-order chi connectivity index (χ1) is 26.3. The van der Waals surface area contributed by atoms with Gasteiger partial charge in [-0.3, -0.25) is 10.2 Å². The quantitative estimate of drug-likeness (QED) is 0.201. The summed E-state index contributed by atoms with van der Waals surface area (Å²) in [4.78, 5) is 44.2. The third kappa shape index (κ3) is 6.75. The zero-order valence-electron chi connectivity index (χ0n) is 32.3. The van der Waals surface area contributed by atoms with Crippen molar-refractivity contribution in [3.8, 4) is 23.1 Å². The second kappa shape index (κ2) is 13.2. The number of carbonyl (C=O) groups is 2. The number of aromatic nitrogens is 3. The van der Waals surface area contributed by atoms with Crippen LogP contribution in [0, 0.1) is 22.9 Å². The highest BCUT2D eigenvalue weighted by molar-refractivity contribution is 6.04. The van der Waals surface area contributed by atoms with Crippen molar-refractivity contribution < 1.29 is 46.8 Å². The van der Waals surface area contributed by atoms with Gasteiger partial charge < -0.3 is 29.0 Å². The van der Waals surface area contributed by atoms with Crippen molar-refractivity contribution >= 4 is 45.4 Å². The number of hydrogen-bond donors (Lipinski definition) is 2. The molecule has 3 fully saturated rings. The zero-order valence-corrected chi connectivity index (χ0v) is 32.3. The first kappa shape index (κ1) is 37.8. The van der Waals surface area contributed by atoms with E-state index in [4.69, 9.17) is 23.9 Å². The average molecular weight is 779 g/mol. The number of fused-ring (bicyclic) bond motifs is 6. The lowest BCUT2D eigenvalue weighted by molar-refractivity contribution is 0.000912. The predicted molar refractivity (Wildman–Crippen MR) is 200 cm³/mol. The van der Waals surface area contributed by atoms with Crippen LogP contribution >= 0.6 is 0 Å². The second-order valence-electron chi connectivity index (χ2n) is 17.3. The smallest absolute Gasteiger partial charge is 0.412 e. The van der Waals surface area contributed by atoms with Gasteiger partial charge in [0.05, 0.1) is 31.3 Å². The molecule has 56 heavy (non-hydrogen) atoms. The summed E-state index contributed by atoms with van der Waals surface area (Å²) in [7, 11) is 0. The Hall–Kier alpha value is -5.12. The summed E-state index contributed by atoms with van der Waals surface area (Å²) in [6.45, 7) is 12.6. The maximum absolute atomic E-state index is 17.4. The number of hydrogen-bond acceptors (Lipinski definition) is 11. The molecule has 13 nitrogen and oxygen atoms in total. The number of amides is 2. The number of anilines is 2. The van der Waals surface area contributed by atoms with E-state index in [2.05, 4.69) is 15.3 Å². The van der Waals surface area contributed by atoms with Gasteiger partial charge in [-0.2, -0.15) is 9.97 Å². The van der Waals surface area contributed by atoms with E-state index in [0.717, 1.165) is 18.9 Å². The Morgan fingerprint density at radius 1 is 0.982 bits per heavy atom. The molecule has 1 aliphatic carbocycles. The standard InChI is InChI=1S/C40H45F3N6O7/c1-19-32-25-11-9-22(49(25)37(52)56-39(5,6)7)16-48(32)33-27-31(46-35(47-33)53-18-40(17-50)12-13-40)29(43)30(45-34(27)54-19)23-15-21(44-36(51)55-38(2,3)4)14-20-8-10-24(41)28(42)26(20)23/h8,10,14-15,19,22,25,32,50H,9,11-13,16-18H2,1-7H3,(H,44,51)/t19-,22+,25-,32?/m0/s1. The molecule has 1 unspecified atom stereocenters. The van der Waals surface area contributed by atoms with E-state index in [0.29, 0.717) is 19.4 Å². The summed E-state index contributed by atoms with van der Waals surface area (Å²) < 4.78 is 72.0. The molecule has 2 saturated heterocycles. The highest BCUT2D eigenvalue weighted by atomic mass is 19.2. The lowest BCUT2D eigenvalue weighted by atomic mass is 9.98. The van der Waals surface area contributed by atoms with Gasteiger partial charge in [-0.25, -0.2) is 27.7 Å². The van der Waals surface area contributed by atoms with Crippen LogP contribution < -0.4 is 19.7 Å². The van der Waals surface area contributed by atoms with Crippen LogP contribution in [0.5, 0.6) is 11.9 Å². The minimum absolute atomic E-state index is 0.0657. The number of carbonyl (C=O) groups excluding carboxylic acids is 2. The number of pyridine rings is 1. The number of aliphatic hydroxyl groups excluding tert-OH is 1. The average Bonchev–Trinajstić information content (AvgIpc) is 3.84. The number of piperazine rings is 1. The molecule has 5 heterocycles. The van der Waals surface area contributed by atoms with Crippen LogP contribution in [-0.4, -0.2) is 92.3 Å². The van der Waals surface area contributed by atoms with Gasteiger partial charge in [0.25, 0.3) is 0 Å². The van der Waals surface area contributed by atoms with Crippen molar-refractivity contribution in [3.63, 3.8) is 0 Å². The van der Waals surface area contributed by atoms with Crippen molar-refractivity contribution in [1.82, 2.24) is 19.9 Å². The second-order valence-corrected chi connectivity index (χ2v) is 17.3. The van der Waals surface area contributed by atoms with Gasteiger partial charge in [0.15, 0.2) is 17.5 Å². The van der Waals surface area contributed by atoms with Crippen LogP contribution in [0.1, 0.15) is 74.1 Å². The summed E-state index contributed by atoms with van der Waals surface area (Å²) in [5.41, 5.74) is -2.78. The normalized spacial score (nSPS) is 22.3. The molecular weight excluding hydrogens is 733 g/mol. The van der Waals surface area contributed by atoms with Gasteiger partial charge in [0.1, 0.15) is 39.7 Å². The highest BCUT2D eigenvalue weighted by Gasteiger charge is 2.54. The minimum Gasteiger partial charge on any atom is -0.472 e. The van der Waals surface area contributed by atoms with Crippen molar-refractivity contribution in [2.45, 2.75) is 110 Å². The van der Waals surface area contributed by atoms with Gasteiger partial charge in [0.2, 0.25) is 5.88 Å². The van der Waals surface area contributed by atoms with Crippen molar-refractivity contribution in [3.05, 3.63) is 41.7 Å². The third-order valence-corrected chi connectivity index (χ3v) is 10.8. The maximum atomic E-state index is 17.4. The largest absolute Gasteiger partial charge is 0.472 e. The third-order valence-electron chi connectivity index (χ3n) is 10.8. The number of nitrogens with one attached hydrogen (secondary N) is 1. The van der Waals surface area contributed by atoms with Crippen LogP contribution in [0.3, 0.4) is 0 Å². The van der Waals surface area contributed by atoms with Crippen molar-refractivity contribution in [2.75, 3.05) is 30.0 Å². The fraction of sp³-hybridized carbons (Fsp3) is 0.525. The number of nitrogens with zero attached hydrogens (tertiary/aromatic N) is 5. The first-order valence-corrected chi connectivity index (χ1v) is 18.9. The molecule has 2 aromatic carbocycles. The lowest BCUT2D eigenvalue weighted by Crippen LogP contribution is -2.65. The van der Waals surface area contributed by atoms with Gasteiger partial charge in [-0.1, -0.05) is 6.07 Å². The molecular formula is C40H45F3N6O7.